The average molecular weight is 728 g/mol. The molecule has 0 saturated carbocycles. The van der Waals surface area contributed by atoms with E-state index in [1.165, 1.54) is 15.9 Å². The van der Waals surface area contributed by atoms with Crippen LogP contribution in [0, 0.1) is 5.82 Å². The van der Waals surface area contributed by atoms with Crippen LogP contribution < -0.4 is 26.2 Å². The largest absolute Gasteiger partial charge is 0.450 e. The van der Waals surface area contributed by atoms with E-state index in [0.29, 0.717) is 52.5 Å². The van der Waals surface area contributed by atoms with Gasteiger partial charge in [0, 0.05) is 77.0 Å². The fourth-order valence-electron chi connectivity index (χ4n) is 6.18. The molecule has 4 N–H and O–H groups in total. The van der Waals surface area contributed by atoms with Gasteiger partial charge in [0.2, 0.25) is 11.9 Å². The van der Waals surface area contributed by atoms with Crippen LogP contribution in [-0.4, -0.2) is 126 Å². The van der Waals surface area contributed by atoms with Crippen molar-refractivity contribution >= 4 is 46.5 Å². The number of benzene rings is 1. The molecule has 1 aromatic carbocycles. The number of pyridine rings is 1. The van der Waals surface area contributed by atoms with Gasteiger partial charge in [-0.05, 0) is 24.3 Å². The summed E-state index contributed by atoms with van der Waals surface area (Å²) >= 11 is 0. The summed E-state index contributed by atoms with van der Waals surface area (Å²) in [4.78, 5) is 62.0. The quantitative estimate of drug-likeness (QED) is 0.246. The molecule has 274 valence electrons. The van der Waals surface area contributed by atoms with E-state index in [2.05, 4.69) is 30.6 Å². The van der Waals surface area contributed by atoms with Crippen LogP contribution in [0.3, 0.4) is 0 Å². The zero-order valence-electron chi connectivity index (χ0n) is 27.6. The van der Waals surface area contributed by atoms with E-state index in [4.69, 9.17) is 14.9 Å². The molecule has 3 aliphatic heterocycles. The Bertz CT molecular complexity index is 2010. The van der Waals surface area contributed by atoms with Crippen molar-refractivity contribution in [2.45, 2.75) is 6.18 Å². The van der Waals surface area contributed by atoms with Gasteiger partial charge in [0.1, 0.15) is 17.2 Å². The fraction of sp³-hybridized carbons (Fsp3) is 0.406. The molecule has 6 heterocycles. The number of rotatable bonds is 6. The summed E-state index contributed by atoms with van der Waals surface area (Å²) in [5, 5.41) is 5.77. The van der Waals surface area contributed by atoms with Crippen LogP contribution >= 0.6 is 0 Å². The lowest BCUT2D eigenvalue weighted by Gasteiger charge is -2.35. The summed E-state index contributed by atoms with van der Waals surface area (Å²) in [7, 11) is 0. The molecule has 7 rings (SSSR count). The fourth-order valence-corrected chi connectivity index (χ4v) is 6.18. The van der Waals surface area contributed by atoms with Crippen LogP contribution in [0.1, 0.15) is 26.5 Å². The van der Waals surface area contributed by atoms with Crippen molar-refractivity contribution in [2.24, 2.45) is 5.73 Å². The smallest absolute Gasteiger partial charge is 0.417 e. The second kappa shape index (κ2) is 14.2. The lowest BCUT2D eigenvalue weighted by atomic mass is 10.1. The van der Waals surface area contributed by atoms with Gasteiger partial charge in [-0.25, -0.2) is 14.2 Å². The number of anilines is 3. The third-order valence-electron chi connectivity index (χ3n) is 8.90. The number of alkyl halides is 3. The summed E-state index contributed by atoms with van der Waals surface area (Å²) in [5.74, 6) is -2.57. The van der Waals surface area contributed by atoms with Gasteiger partial charge in [-0.15, -0.1) is 0 Å². The molecule has 4 amide bonds. The number of amides is 4. The van der Waals surface area contributed by atoms with Crippen molar-refractivity contribution in [1.29, 1.82) is 0 Å². The highest BCUT2D eigenvalue weighted by atomic mass is 19.4. The SMILES string of the molecule is NC(=O)c1cc(F)cc2cc(C(=O)N3CCN(c4nc(-c5cnc(NC(=O)N6CCNCC6)cc5C(F)(F)F)nc(N5CCOCC5)n4)CC3)oc12. The highest BCUT2D eigenvalue weighted by molar-refractivity contribution is 6.06. The van der Waals surface area contributed by atoms with Gasteiger partial charge >= 0.3 is 12.2 Å². The Morgan fingerprint density at radius 1 is 0.846 bits per heavy atom. The van der Waals surface area contributed by atoms with Gasteiger partial charge in [0.15, 0.2) is 11.6 Å². The van der Waals surface area contributed by atoms with Crippen LogP contribution in [0.4, 0.5) is 40.1 Å². The molecule has 0 bridgehead atoms. The zero-order chi connectivity index (χ0) is 36.6. The minimum absolute atomic E-state index is 0.00748. The number of primary amides is 1. The Morgan fingerprint density at radius 2 is 1.52 bits per heavy atom. The number of carbonyl (C=O) groups is 3. The van der Waals surface area contributed by atoms with Gasteiger partial charge in [-0.3, -0.25) is 14.9 Å². The van der Waals surface area contributed by atoms with E-state index in [1.807, 2.05) is 0 Å². The average Bonchev–Trinajstić information content (AvgIpc) is 3.58. The molecule has 3 fully saturated rings. The third-order valence-corrected chi connectivity index (χ3v) is 8.90. The predicted molar refractivity (Wildman–Crippen MR) is 177 cm³/mol. The van der Waals surface area contributed by atoms with Crippen LogP contribution in [0.15, 0.2) is 34.9 Å². The van der Waals surface area contributed by atoms with E-state index in [0.717, 1.165) is 24.4 Å². The number of urea groups is 1. The van der Waals surface area contributed by atoms with Gasteiger partial charge < -0.3 is 39.8 Å². The van der Waals surface area contributed by atoms with Crippen molar-refractivity contribution in [3.8, 4) is 11.4 Å². The molecule has 3 saturated heterocycles. The number of furan rings is 1. The van der Waals surface area contributed by atoms with E-state index in [1.54, 1.807) is 9.80 Å². The summed E-state index contributed by atoms with van der Waals surface area (Å²) < 4.78 is 68.9. The number of nitrogens with zero attached hydrogens (tertiary/aromatic N) is 8. The molecule has 52 heavy (non-hydrogen) atoms. The first-order valence-corrected chi connectivity index (χ1v) is 16.4. The zero-order valence-corrected chi connectivity index (χ0v) is 27.6. The number of ether oxygens (including phenoxy) is 1. The monoisotopic (exact) mass is 727 g/mol. The van der Waals surface area contributed by atoms with Crippen molar-refractivity contribution in [1.82, 2.24) is 35.1 Å². The first-order valence-electron chi connectivity index (χ1n) is 16.4. The van der Waals surface area contributed by atoms with Crippen molar-refractivity contribution < 1.29 is 41.1 Å². The maximum Gasteiger partial charge on any atom is 0.417 e. The van der Waals surface area contributed by atoms with Crippen LogP contribution in [0.5, 0.6) is 0 Å². The second-order valence-corrected chi connectivity index (χ2v) is 12.3. The number of hydrogen-bond acceptors (Lipinski definition) is 12. The second-order valence-electron chi connectivity index (χ2n) is 12.3. The van der Waals surface area contributed by atoms with E-state index < -0.39 is 41.0 Å². The number of nitrogens with one attached hydrogen (secondary N) is 2. The highest BCUT2D eigenvalue weighted by Crippen LogP contribution is 2.38. The van der Waals surface area contributed by atoms with Crippen molar-refractivity contribution in [3.63, 3.8) is 0 Å². The number of fused-ring (bicyclic) bond motifs is 1. The van der Waals surface area contributed by atoms with Gasteiger partial charge in [-0.1, -0.05) is 0 Å². The van der Waals surface area contributed by atoms with Crippen LogP contribution in [0.2, 0.25) is 0 Å². The molecule has 16 nitrogen and oxygen atoms in total. The van der Waals surface area contributed by atoms with Crippen LogP contribution in [-0.2, 0) is 10.9 Å². The summed E-state index contributed by atoms with van der Waals surface area (Å²) in [5.41, 5.74) is 3.66. The Balaban J connectivity index is 1.15. The molecule has 4 aromatic rings. The molecule has 0 spiro atoms. The molecule has 0 radical (unpaired) electrons. The Morgan fingerprint density at radius 3 is 2.17 bits per heavy atom. The lowest BCUT2D eigenvalue weighted by molar-refractivity contribution is -0.137. The standard InChI is InChI=1S/C32H33F4N11O5/c33-19-13-18-14-23(52-25(18)20(15-19)26(37)48)28(49)44-5-7-45(8-6-44)29-41-27(42-30(43-29)46-9-11-51-12-10-46)21-17-39-24(16-22(21)32(34,35)36)40-31(50)47-3-1-38-2-4-47/h13-17,38H,1-12H2,(H2,37,48)(H,39,40,50). The van der Waals surface area contributed by atoms with Crippen LogP contribution in [0.25, 0.3) is 22.4 Å². The predicted octanol–water partition coefficient (Wildman–Crippen LogP) is 2.17. The van der Waals surface area contributed by atoms with E-state index >= 15 is 0 Å². The number of nitrogens with two attached hydrogens (primary N) is 1. The topological polar surface area (TPSA) is 188 Å². The first kappa shape index (κ1) is 34.8. The number of hydrogen-bond donors (Lipinski definition) is 3. The molecular weight excluding hydrogens is 694 g/mol. The minimum Gasteiger partial charge on any atom is -0.450 e. The summed E-state index contributed by atoms with van der Waals surface area (Å²) in [6.45, 7) is 4.13. The maximum absolute atomic E-state index is 14.6. The molecule has 3 aliphatic rings. The number of piperazine rings is 2. The first-order chi connectivity index (χ1) is 24.9. The van der Waals surface area contributed by atoms with Gasteiger partial charge in [0.25, 0.3) is 11.8 Å². The molecule has 20 heteroatoms. The molecule has 0 aliphatic carbocycles. The Labute approximate surface area is 292 Å². The number of carbonyl (C=O) groups excluding carboxylic acids is 3. The number of halogens is 4. The highest BCUT2D eigenvalue weighted by Gasteiger charge is 2.37. The normalized spacial score (nSPS) is 17.1. The van der Waals surface area contributed by atoms with E-state index in [9.17, 15) is 31.9 Å². The van der Waals surface area contributed by atoms with Crippen molar-refractivity contribution in [2.75, 3.05) is 93.8 Å². The van der Waals surface area contributed by atoms with Gasteiger partial charge in [0.05, 0.1) is 29.9 Å². The van der Waals surface area contributed by atoms with E-state index in [-0.39, 0.29) is 72.0 Å². The van der Waals surface area contributed by atoms with Crippen molar-refractivity contribution in [3.05, 3.63) is 53.2 Å². The summed E-state index contributed by atoms with van der Waals surface area (Å²) in [6.07, 6.45) is -3.87. The Hall–Kier alpha value is -5.63. The minimum atomic E-state index is -4.86. The lowest BCUT2D eigenvalue weighted by Crippen LogP contribution is -2.49. The number of morpholine rings is 1. The number of aromatic nitrogens is 4. The third kappa shape index (κ3) is 7.24. The molecule has 0 atom stereocenters. The maximum atomic E-state index is 14.6. The molecule has 0 unspecified atom stereocenters. The molecular formula is C32H33F4N11O5. The Kier molecular flexibility index (Phi) is 9.49. The van der Waals surface area contributed by atoms with Gasteiger partial charge in [-0.2, -0.15) is 28.1 Å². The summed E-state index contributed by atoms with van der Waals surface area (Å²) in [6, 6.07) is 3.59. The molecule has 3 aromatic heterocycles.